The van der Waals surface area contributed by atoms with Crippen molar-refractivity contribution in [2.24, 2.45) is 0 Å². The van der Waals surface area contributed by atoms with Crippen LogP contribution in [0.15, 0.2) is 22.9 Å². The molecule has 17 heavy (non-hydrogen) atoms. The fourth-order valence-corrected chi connectivity index (χ4v) is 2.53. The predicted molar refractivity (Wildman–Crippen MR) is 67.8 cm³/mol. The molecule has 1 amide bonds. The molecule has 0 radical (unpaired) electrons. The van der Waals surface area contributed by atoms with E-state index in [0.29, 0.717) is 10.2 Å². The van der Waals surface area contributed by atoms with E-state index in [2.05, 4.69) is 26.2 Å². The molecular formula is C12H15BrN2O2. The Morgan fingerprint density at radius 2 is 2.41 bits per heavy atom. The van der Waals surface area contributed by atoms with E-state index in [1.165, 1.54) is 0 Å². The summed E-state index contributed by atoms with van der Waals surface area (Å²) in [7, 11) is 1.71. The van der Waals surface area contributed by atoms with Crippen LogP contribution in [-0.4, -0.2) is 30.1 Å². The van der Waals surface area contributed by atoms with Gasteiger partial charge in [-0.3, -0.25) is 4.79 Å². The average Bonchev–Trinajstić information content (AvgIpc) is 2.77. The molecule has 0 bridgehead atoms. The van der Waals surface area contributed by atoms with Crippen molar-refractivity contribution in [2.45, 2.75) is 31.4 Å². The molecule has 1 heterocycles. The van der Waals surface area contributed by atoms with Crippen molar-refractivity contribution in [2.75, 3.05) is 7.11 Å². The van der Waals surface area contributed by atoms with Gasteiger partial charge in [0.15, 0.2) is 0 Å². The molecule has 2 atom stereocenters. The Morgan fingerprint density at radius 1 is 1.59 bits per heavy atom. The van der Waals surface area contributed by atoms with Gasteiger partial charge in [0.05, 0.1) is 11.7 Å². The summed E-state index contributed by atoms with van der Waals surface area (Å²) in [6.45, 7) is 0. The normalized spacial score (nSPS) is 23.6. The molecule has 0 aliphatic heterocycles. The number of hydrogen-bond donors (Lipinski definition) is 1. The maximum Gasteiger partial charge on any atom is 0.254 e. The second-order valence-corrected chi connectivity index (χ2v) is 4.93. The molecule has 0 aromatic carbocycles. The van der Waals surface area contributed by atoms with Crippen LogP contribution in [-0.2, 0) is 4.74 Å². The minimum absolute atomic E-state index is 0.0771. The summed E-state index contributed by atoms with van der Waals surface area (Å²) in [6, 6.07) is 3.72. The quantitative estimate of drug-likeness (QED) is 0.870. The predicted octanol–water partition coefficient (Wildman–Crippen LogP) is 2.14. The van der Waals surface area contributed by atoms with Gasteiger partial charge in [0, 0.05) is 19.3 Å². The summed E-state index contributed by atoms with van der Waals surface area (Å²) in [5.74, 6) is -0.0771. The molecule has 0 spiro atoms. The molecule has 2 rings (SSSR count). The topological polar surface area (TPSA) is 51.2 Å². The van der Waals surface area contributed by atoms with Crippen LogP contribution in [0.2, 0.25) is 0 Å². The zero-order valence-electron chi connectivity index (χ0n) is 9.65. The Balaban J connectivity index is 1.96. The smallest absolute Gasteiger partial charge is 0.254 e. The van der Waals surface area contributed by atoms with Gasteiger partial charge in [0.25, 0.3) is 5.91 Å². The Bertz CT molecular complexity index is 411. The van der Waals surface area contributed by atoms with E-state index >= 15 is 0 Å². The van der Waals surface area contributed by atoms with Gasteiger partial charge in [0.1, 0.15) is 4.60 Å². The van der Waals surface area contributed by atoms with Crippen LogP contribution in [0.4, 0.5) is 0 Å². The number of nitrogens with one attached hydrogen (secondary N) is 1. The van der Waals surface area contributed by atoms with Crippen molar-refractivity contribution in [3.63, 3.8) is 0 Å². The van der Waals surface area contributed by atoms with Gasteiger partial charge in [-0.05, 0) is 47.3 Å². The van der Waals surface area contributed by atoms with E-state index in [4.69, 9.17) is 4.74 Å². The first-order chi connectivity index (χ1) is 8.20. The summed E-state index contributed by atoms with van der Waals surface area (Å²) in [5.41, 5.74) is 0.577. The molecule has 1 aliphatic carbocycles. The van der Waals surface area contributed by atoms with Crippen molar-refractivity contribution in [3.8, 4) is 0 Å². The number of hydrogen-bond acceptors (Lipinski definition) is 3. The number of aromatic nitrogens is 1. The summed E-state index contributed by atoms with van der Waals surface area (Å²) in [4.78, 5) is 16.0. The number of methoxy groups -OCH3 is 1. The highest BCUT2D eigenvalue weighted by molar-refractivity contribution is 9.10. The minimum Gasteiger partial charge on any atom is -0.381 e. The van der Waals surface area contributed by atoms with E-state index < -0.39 is 0 Å². The fraction of sp³-hybridized carbons (Fsp3) is 0.500. The first-order valence-corrected chi connectivity index (χ1v) is 6.44. The van der Waals surface area contributed by atoms with E-state index in [-0.39, 0.29) is 18.1 Å². The summed E-state index contributed by atoms with van der Waals surface area (Å²) in [6.07, 6.45) is 4.80. The number of carbonyl (C=O) groups is 1. The fourth-order valence-electron chi connectivity index (χ4n) is 2.10. The number of amides is 1. The Morgan fingerprint density at radius 3 is 3.06 bits per heavy atom. The van der Waals surface area contributed by atoms with E-state index in [1.54, 1.807) is 25.4 Å². The number of ether oxygens (including phenoxy) is 1. The van der Waals surface area contributed by atoms with Gasteiger partial charge in [-0.15, -0.1) is 0 Å². The lowest BCUT2D eigenvalue weighted by molar-refractivity contribution is 0.0914. The third-order valence-corrected chi connectivity index (χ3v) is 3.69. The molecular weight excluding hydrogens is 284 g/mol. The first-order valence-electron chi connectivity index (χ1n) is 5.65. The van der Waals surface area contributed by atoms with Crippen molar-refractivity contribution < 1.29 is 9.53 Å². The molecule has 1 aliphatic rings. The van der Waals surface area contributed by atoms with Crippen LogP contribution in [0.5, 0.6) is 0 Å². The van der Waals surface area contributed by atoms with Crippen LogP contribution in [0.25, 0.3) is 0 Å². The second kappa shape index (κ2) is 5.60. The zero-order chi connectivity index (χ0) is 12.3. The standard InChI is InChI=1S/C12H15BrN2O2/c1-17-9-5-4-8(7-9)15-12(16)10-3-2-6-14-11(10)13/h2-3,6,8-9H,4-5,7H2,1H3,(H,15,16). The average molecular weight is 299 g/mol. The van der Waals surface area contributed by atoms with Crippen LogP contribution in [0.3, 0.4) is 0 Å². The zero-order valence-corrected chi connectivity index (χ0v) is 11.2. The SMILES string of the molecule is COC1CCC(NC(=O)c2cccnc2Br)C1. The number of carbonyl (C=O) groups excluding carboxylic acids is 1. The Kier molecular flexibility index (Phi) is 4.12. The number of rotatable bonds is 3. The van der Waals surface area contributed by atoms with Crippen LogP contribution >= 0.6 is 15.9 Å². The summed E-state index contributed by atoms with van der Waals surface area (Å²) in [5, 5.41) is 3.01. The van der Waals surface area contributed by atoms with Crippen LogP contribution in [0.1, 0.15) is 29.6 Å². The maximum atomic E-state index is 12.0. The van der Waals surface area contributed by atoms with Gasteiger partial charge in [-0.1, -0.05) is 0 Å². The molecule has 0 saturated heterocycles. The van der Waals surface area contributed by atoms with Crippen LogP contribution in [0, 0.1) is 0 Å². The maximum absolute atomic E-state index is 12.0. The van der Waals surface area contributed by atoms with Gasteiger partial charge in [-0.2, -0.15) is 0 Å². The van der Waals surface area contributed by atoms with Gasteiger partial charge < -0.3 is 10.1 Å². The minimum atomic E-state index is -0.0771. The van der Waals surface area contributed by atoms with E-state index in [0.717, 1.165) is 19.3 Å². The van der Waals surface area contributed by atoms with Crippen molar-refractivity contribution >= 4 is 21.8 Å². The van der Waals surface area contributed by atoms with Crippen molar-refractivity contribution in [3.05, 3.63) is 28.5 Å². The third kappa shape index (κ3) is 3.04. The third-order valence-electron chi connectivity index (χ3n) is 3.06. The molecule has 1 aromatic rings. The first kappa shape index (κ1) is 12.5. The lowest BCUT2D eigenvalue weighted by atomic mass is 10.2. The molecule has 1 saturated carbocycles. The molecule has 92 valence electrons. The Hall–Kier alpha value is -0.940. The van der Waals surface area contributed by atoms with Gasteiger partial charge in [-0.25, -0.2) is 4.98 Å². The second-order valence-electron chi connectivity index (χ2n) is 4.18. The van der Waals surface area contributed by atoms with Crippen molar-refractivity contribution in [1.29, 1.82) is 0 Å². The number of pyridine rings is 1. The molecule has 1 aromatic heterocycles. The lowest BCUT2D eigenvalue weighted by Gasteiger charge is -2.13. The molecule has 5 heteroatoms. The summed E-state index contributed by atoms with van der Waals surface area (Å²) >= 11 is 3.28. The van der Waals surface area contributed by atoms with Crippen molar-refractivity contribution in [1.82, 2.24) is 10.3 Å². The monoisotopic (exact) mass is 298 g/mol. The van der Waals surface area contributed by atoms with Gasteiger partial charge in [0.2, 0.25) is 0 Å². The highest BCUT2D eigenvalue weighted by Crippen LogP contribution is 2.22. The van der Waals surface area contributed by atoms with Crippen LogP contribution < -0.4 is 5.32 Å². The summed E-state index contributed by atoms with van der Waals surface area (Å²) < 4.78 is 5.86. The Labute approximate surface area is 109 Å². The highest BCUT2D eigenvalue weighted by atomic mass is 79.9. The largest absolute Gasteiger partial charge is 0.381 e. The molecule has 1 fully saturated rings. The van der Waals surface area contributed by atoms with Gasteiger partial charge >= 0.3 is 0 Å². The molecule has 1 N–H and O–H groups in total. The highest BCUT2D eigenvalue weighted by Gasteiger charge is 2.26. The number of halogens is 1. The number of nitrogens with zero attached hydrogens (tertiary/aromatic N) is 1. The van der Waals surface area contributed by atoms with E-state index in [9.17, 15) is 4.79 Å². The molecule has 2 unspecified atom stereocenters. The molecule has 4 nitrogen and oxygen atoms in total. The van der Waals surface area contributed by atoms with E-state index in [1.807, 2.05) is 0 Å². The lowest BCUT2D eigenvalue weighted by Crippen LogP contribution is -2.33.